The van der Waals surface area contributed by atoms with E-state index >= 15 is 0 Å². The normalized spacial score (nSPS) is 11.9. The van der Waals surface area contributed by atoms with E-state index in [2.05, 4.69) is 15.8 Å². The first kappa shape index (κ1) is 28.0. The number of nitrogens with zero attached hydrogens (tertiary/aromatic N) is 1. The number of ether oxygens (including phenoxy) is 1. The summed E-state index contributed by atoms with van der Waals surface area (Å²) in [5, 5.41) is 7.21. The minimum Gasteiger partial charge on any atom is -0.462 e. The largest absolute Gasteiger partial charge is 0.462 e. The van der Waals surface area contributed by atoms with Gasteiger partial charge in [0.15, 0.2) is 0 Å². The second kappa shape index (κ2) is 13.1. The van der Waals surface area contributed by atoms with E-state index in [9.17, 15) is 14.4 Å². The Balaban J connectivity index is 1.66. The van der Waals surface area contributed by atoms with Crippen molar-refractivity contribution in [1.82, 2.24) is 10.7 Å². The van der Waals surface area contributed by atoms with Gasteiger partial charge in [-0.05, 0) is 48.7 Å². The van der Waals surface area contributed by atoms with Gasteiger partial charge in [-0.25, -0.2) is 10.2 Å². The summed E-state index contributed by atoms with van der Waals surface area (Å²) in [7, 11) is 0. The van der Waals surface area contributed by atoms with Gasteiger partial charge in [0, 0.05) is 11.1 Å². The highest BCUT2D eigenvalue weighted by atomic mass is 35.5. The fourth-order valence-electron chi connectivity index (χ4n) is 3.34. The van der Waals surface area contributed by atoms with Crippen LogP contribution in [0.4, 0.5) is 0 Å². The number of furan rings is 1. The fraction of sp³-hybridized carbons (Fsp3) is 0.259. The highest BCUT2D eigenvalue weighted by Gasteiger charge is 2.25. The van der Waals surface area contributed by atoms with Crippen LogP contribution in [0.1, 0.15) is 53.7 Å². The summed E-state index contributed by atoms with van der Waals surface area (Å²) in [5.74, 6) is -0.822. The Morgan fingerprint density at radius 1 is 1.05 bits per heavy atom. The molecule has 37 heavy (non-hydrogen) atoms. The van der Waals surface area contributed by atoms with E-state index < -0.39 is 23.8 Å². The maximum absolute atomic E-state index is 12.7. The Kier molecular flexibility index (Phi) is 9.88. The molecular weight excluding hydrogens is 517 g/mol. The van der Waals surface area contributed by atoms with Crippen molar-refractivity contribution < 1.29 is 23.5 Å². The van der Waals surface area contributed by atoms with E-state index in [0.29, 0.717) is 34.3 Å². The van der Waals surface area contributed by atoms with Crippen molar-refractivity contribution in [3.8, 4) is 11.3 Å². The summed E-state index contributed by atoms with van der Waals surface area (Å²) in [6, 6.07) is 13.9. The number of amides is 2. The molecule has 8 nitrogen and oxygen atoms in total. The molecule has 1 heterocycles. The third kappa shape index (κ3) is 7.44. The van der Waals surface area contributed by atoms with Gasteiger partial charge < -0.3 is 14.5 Å². The topological polar surface area (TPSA) is 110 Å². The first-order chi connectivity index (χ1) is 17.7. The molecule has 0 bridgehead atoms. The maximum atomic E-state index is 12.7. The Morgan fingerprint density at radius 2 is 1.81 bits per heavy atom. The van der Waals surface area contributed by atoms with Gasteiger partial charge in [-0.15, -0.1) is 0 Å². The molecule has 0 aliphatic rings. The van der Waals surface area contributed by atoms with Crippen LogP contribution in [-0.2, 0) is 9.53 Å². The summed E-state index contributed by atoms with van der Waals surface area (Å²) in [6.07, 6.45) is 2.05. The third-order valence-electron chi connectivity index (χ3n) is 5.26. The molecule has 3 rings (SSSR count). The lowest BCUT2D eigenvalue weighted by Crippen LogP contribution is -2.48. The molecule has 3 aromatic rings. The average molecular weight is 544 g/mol. The van der Waals surface area contributed by atoms with Crippen molar-refractivity contribution in [1.29, 1.82) is 0 Å². The van der Waals surface area contributed by atoms with E-state index in [1.807, 2.05) is 6.92 Å². The van der Waals surface area contributed by atoms with E-state index in [1.54, 1.807) is 50.2 Å². The Morgan fingerprint density at radius 3 is 2.51 bits per heavy atom. The lowest BCUT2D eigenvalue weighted by atomic mass is 10.0. The summed E-state index contributed by atoms with van der Waals surface area (Å²) in [5.41, 5.74) is 3.67. The number of esters is 1. The summed E-state index contributed by atoms with van der Waals surface area (Å²) in [6.45, 7) is 5.84. The molecule has 2 aromatic carbocycles. The van der Waals surface area contributed by atoms with Gasteiger partial charge in [0.05, 0.1) is 28.4 Å². The van der Waals surface area contributed by atoms with Gasteiger partial charge in [-0.2, -0.15) is 5.10 Å². The van der Waals surface area contributed by atoms with Gasteiger partial charge in [0.25, 0.3) is 11.8 Å². The van der Waals surface area contributed by atoms with E-state index in [4.69, 9.17) is 32.4 Å². The molecule has 0 fully saturated rings. The first-order valence-corrected chi connectivity index (χ1v) is 12.4. The quantitative estimate of drug-likeness (QED) is 0.193. The minimum absolute atomic E-state index is 0.221. The molecule has 0 spiro atoms. The zero-order valence-electron chi connectivity index (χ0n) is 20.6. The molecule has 1 atom stereocenters. The van der Waals surface area contributed by atoms with Crippen LogP contribution in [0, 0.1) is 5.92 Å². The van der Waals surface area contributed by atoms with E-state index in [0.717, 1.165) is 6.42 Å². The average Bonchev–Trinajstić information content (AvgIpc) is 3.35. The van der Waals surface area contributed by atoms with Crippen molar-refractivity contribution in [2.24, 2.45) is 11.0 Å². The van der Waals surface area contributed by atoms with Crippen LogP contribution in [0.3, 0.4) is 0 Å². The second-order valence-corrected chi connectivity index (χ2v) is 9.26. The Hall–Kier alpha value is -3.62. The predicted octanol–water partition coefficient (Wildman–Crippen LogP) is 5.72. The molecule has 194 valence electrons. The molecule has 10 heteroatoms. The highest BCUT2D eigenvalue weighted by molar-refractivity contribution is 6.42. The van der Waals surface area contributed by atoms with Crippen molar-refractivity contribution in [2.75, 3.05) is 6.61 Å². The lowest BCUT2D eigenvalue weighted by molar-refractivity contribution is -0.123. The predicted molar refractivity (Wildman–Crippen MR) is 143 cm³/mol. The zero-order valence-corrected chi connectivity index (χ0v) is 22.1. The molecule has 0 aliphatic carbocycles. The molecule has 2 amide bonds. The Labute approximate surface area is 225 Å². The molecule has 1 unspecified atom stereocenters. The van der Waals surface area contributed by atoms with E-state index in [1.165, 1.54) is 24.4 Å². The lowest BCUT2D eigenvalue weighted by Gasteiger charge is -2.20. The summed E-state index contributed by atoms with van der Waals surface area (Å²) in [4.78, 5) is 37.7. The van der Waals surface area contributed by atoms with Crippen molar-refractivity contribution in [3.05, 3.63) is 81.5 Å². The van der Waals surface area contributed by atoms with Gasteiger partial charge >= 0.3 is 5.97 Å². The number of hydrogen-bond acceptors (Lipinski definition) is 6. The highest BCUT2D eigenvalue weighted by Crippen LogP contribution is 2.26. The minimum atomic E-state index is -0.854. The first-order valence-electron chi connectivity index (χ1n) is 11.7. The SMILES string of the molecule is CCCOC(=O)c1ccccc1-c1ccc(/C=N\NC(=O)C(NC(=O)c2ccc(Cl)c(Cl)c2)C(C)C)o1. The summed E-state index contributed by atoms with van der Waals surface area (Å²) < 4.78 is 11.0. The Bertz CT molecular complexity index is 1300. The zero-order chi connectivity index (χ0) is 26.9. The maximum Gasteiger partial charge on any atom is 0.338 e. The number of hydrazone groups is 1. The van der Waals surface area contributed by atoms with Gasteiger partial charge in [0.2, 0.25) is 0 Å². The molecule has 2 N–H and O–H groups in total. The summed E-state index contributed by atoms with van der Waals surface area (Å²) >= 11 is 11.9. The van der Waals surface area contributed by atoms with Crippen LogP contribution in [0.15, 0.2) is 64.1 Å². The molecule has 0 saturated heterocycles. The van der Waals surface area contributed by atoms with Crippen LogP contribution in [0.5, 0.6) is 0 Å². The van der Waals surface area contributed by atoms with Gasteiger partial charge in [0.1, 0.15) is 17.6 Å². The number of carbonyl (C=O) groups excluding carboxylic acids is 3. The van der Waals surface area contributed by atoms with Crippen molar-refractivity contribution in [2.45, 2.75) is 33.2 Å². The van der Waals surface area contributed by atoms with Crippen LogP contribution < -0.4 is 10.7 Å². The van der Waals surface area contributed by atoms with Crippen LogP contribution in [0.2, 0.25) is 10.0 Å². The number of rotatable bonds is 10. The van der Waals surface area contributed by atoms with Crippen LogP contribution >= 0.6 is 23.2 Å². The van der Waals surface area contributed by atoms with E-state index in [-0.39, 0.29) is 16.5 Å². The standard InChI is InChI=1S/C27H27Cl2N3O5/c1-4-13-36-27(35)20-8-6-5-7-19(20)23-12-10-18(37-23)15-30-32-26(34)24(16(2)3)31-25(33)17-9-11-21(28)22(29)14-17/h5-12,14-16,24H,4,13H2,1-3H3,(H,31,33)(H,32,34)/b30-15-. The molecule has 1 aromatic heterocycles. The second-order valence-electron chi connectivity index (χ2n) is 8.44. The molecule has 0 radical (unpaired) electrons. The molecular formula is C27H27Cl2N3O5. The third-order valence-corrected chi connectivity index (χ3v) is 6.00. The van der Waals surface area contributed by atoms with Crippen molar-refractivity contribution >= 4 is 47.2 Å². The number of carbonyl (C=O) groups is 3. The number of halogens is 2. The van der Waals surface area contributed by atoms with Gasteiger partial charge in [-0.1, -0.05) is 62.2 Å². The smallest absolute Gasteiger partial charge is 0.338 e. The van der Waals surface area contributed by atoms with Gasteiger partial charge in [-0.3, -0.25) is 9.59 Å². The number of hydrogen-bond donors (Lipinski definition) is 2. The number of nitrogens with one attached hydrogen (secondary N) is 2. The fourth-order valence-corrected chi connectivity index (χ4v) is 3.64. The van der Waals surface area contributed by atoms with Crippen LogP contribution in [-0.4, -0.2) is 36.6 Å². The van der Waals surface area contributed by atoms with Crippen LogP contribution in [0.25, 0.3) is 11.3 Å². The number of benzene rings is 2. The molecule has 0 saturated carbocycles. The molecule has 0 aliphatic heterocycles. The monoisotopic (exact) mass is 543 g/mol. The van der Waals surface area contributed by atoms with Crippen molar-refractivity contribution in [3.63, 3.8) is 0 Å².